The van der Waals surface area contributed by atoms with E-state index in [0.29, 0.717) is 18.3 Å². The maximum Gasteiger partial charge on any atom is 0.230 e. The maximum absolute atomic E-state index is 11.2. The van der Waals surface area contributed by atoms with Crippen LogP contribution >= 0.6 is 0 Å². The lowest BCUT2D eigenvalue weighted by Gasteiger charge is -2.30. The average molecular weight is 319 g/mol. The number of hydrogen-bond acceptors (Lipinski definition) is 7. The van der Waals surface area contributed by atoms with Crippen molar-refractivity contribution in [2.24, 2.45) is 11.7 Å². The Morgan fingerprint density at radius 2 is 1.74 bits per heavy atom. The first-order chi connectivity index (χ1) is 11.1. The number of nitrogens with zero attached hydrogens (tertiary/aromatic N) is 5. The zero-order valence-corrected chi connectivity index (χ0v) is 13.4. The lowest BCUT2D eigenvalue weighted by Crippen LogP contribution is -2.38. The molecule has 0 unspecified atom stereocenters. The van der Waals surface area contributed by atoms with Crippen molar-refractivity contribution in [2.75, 3.05) is 36.8 Å². The van der Waals surface area contributed by atoms with E-state index in [1.54, 1.807) is 0 Å². The van der Waals surface area contributed by atoms with Crippen molar-refractivity contribution in [1.82, 2.24) is 19.9 Å². The Kier molecular flexibility index (Phi) is 4.90. The number of carbonyl (C=O) groups excluding carboxylic acids is 1. The van der Waals surface area contributed by atoms with E-state index in [1.807, 2.05) is 0 Å². The molecule has 0 spiro atoms. The summed E-state index contributed by atoms with van der Waals surface area (Å²) < 4.78 is 0. The number of carbonyl (C=O) groups is 1. The van der Waals surface area contributed by atoms with Crippen LogP contribution in [0.15, 0.2) is 0 Å². The van der Waals surface area contributed by atoms with Crippen LogP contribution in [0.4, 0.5) is 11.9 Å². The zero-order valence-electron chi connectivity index (χ0n) is 13.4. The average Bonchev–Trinajstić information content (AvgIpc) is 2.55. The Balaban J connectivity index is 1.64. The second-order valence-corrected chi connectivity index (χ2v) is 6.41. The molecule has 0 saturated carbocycles. The molecule has 2 saturated heterocycles. The van der Waals surface area contributed by atoms with Crippen molar-refractivity contribution >= 4 is 17.8 Å². The lowest BCUT2D eigenvalue weighted by molar-refractivity contribution is -0.123. The summed E-state index contributed by atoms with van der Waals surface area (Å²) in [6.45, 7) is 4.26. The summed E-state index contributed by atoms with van der Waals surface area (Å²) in [6, 6.07) is 0. The summed E-state index contributed by atoms with van der Waals surface area (Å²) >= 11 is 0. The highest BCUT2D eigenvalue weighted by Gasteiger charge is 2.24. The van der Waals surface area contributed by atoms with Gasteiger partial charge in [-0.3, -0.25) is 9.69 Å². The predicted octanol–water partition coefficient (Wildman–Crippen LogP) is 0.141. The molecule has 0 bridgehead atoms. The molecule has 1 amide bonds. The third-order valence-corrected chi connectivity index (χ3v) is 4.68. The fraction of sp³-hybridized carbons (Fsp3) is 0.733. The molecule has 4 N–H and O–H groups in total. The first-order valence-corrected chi connectivity index (χ1v) is 8.39. The van der Waals surface area contributed by atoms with E-state index >= 15 is 0 Å². The monoisotopic (exact) mass is 319 g/mol. The highest BCUT2D eigenvalue weighted by atomic mass is 16.1. The molecule has 0 radical (unpaired) electrons. The van der Waals surface area contributed by atoms with Gasteiger partial charge in [0.05, 0.1) is 6.54 Å². The molecule has 2 aliphatic rings. The van der Waals surface area contributed by atoms with Crippen LogP contribution in [0, 0.1) is 5.92 Å². The number of nitrogen functional groups attached to an aromatic ring is 1. The van der Waals surface area contributed by atoms with Crippen LogP contribution in [-0.2, 0) is 11.3 Å². The minimum atomic E-state index is -0.193. The molecular weight excluding hydrogens is 294 g/mol. The number of amides is 1. The van der Waals surface area contributed by atoms with Gasteiger partial charge >= 0.3 is 0 Å². The molecule has 1 aromatic heterocycles. The molecular formula is C15H25N7O. The molecule has 0 aromatic carbocycles. The van der Waals surface area contributed by atoms with Gasteiger partial charge in [0.2, 0.25) is 17.8 Å². The van der Waals surface area contributed by atoms with Gasteiger partial charge in [0, 0.05) is 19.0 Å². The smallest absolute Gasteiger partial charge is 0.230 e. The van der Waals surface area contributed by atoms with Crippen LogP contribution in [0.25, 0.3) is 0 Å². The Morgan fingerprint density at radius 3 is 2.39 bits per heavy atom. The Morgan fingerprint density at radius 1 is 1.04 bits per heavy atom. The van der Waals surface area contributed by atoms with E-state index in [4.69, 9.17) is 11.5 Å². The summed E-state index contributed by atoms with van der Waals surface area (Å²) in [5, 5.41) is 0. The molecule has 8 heteroatoms. The van der Waals surface area contributed by atoms with E-state index in [9.17, 15) is 4.79 Å². The molecule has 23 heavy (non-hydrogen) atoms. The summed E-state index contributed by atoms with van der Waals surface area (Å²) in [5.41, 5.74) is 11.2. The van der Waals surface area contributed by atoms with Crippen LogP contribution in [0.1, 0.15) is 37.9 Å². The molecule has 1 aromatic rings. The quantitative estimate of drug-likeness (QED) is 0.811. The topological polar surface area (TPSA) is 114 Å². The molecule has 3 heterocycles. The third kappa shape index (κ3) is 4.07. The van der Waals surface area contributed by atoms with Gasteiger partial charge in [-0.2, -0.15) is 15.0 Å². The Hall–Kier alpha value is -1.96. The van der Waals surface area contributed by atoms with Gasteiger partial charge in [0.25, 0.3) is 0 Å². The second kappa shape index (κ2) is 7.08. The molecule has 126 valence electrons. The minimum absolute atomic E-state index is 0.00131. The molecule has 2 aliphatic heterocycles. The first-order valence-electron chi connectivity index (χ1n) is 8.39. The van der Waals surface area contributed by atoms with Crippen molar-refractivity contribution in [3.8, 4) is 0 Å². The van der Waals surface area contributed by atoms with E-state index in [-0.39, 0.29) is 17.8 Å². The summed E-state index contributed by atoms with van der Waals surface area (Å²) in [5.74, 6) is 1.48. The van der Waals surface area contributed by atoms with Crippen molar-refractivity contribution < 1.29 is 4.79 Å². The number of likely N-dealkylation sites (tertiary alicyclic amines) is 1. The minimum Gasteiger partial charge on any atom is -0.369 e. The standard InChI is InChI=1S/C15H25N7O/c16-13(23)11-4-8-21(9-5-11)10-12-18-14(17)20-15(19-12)22-6-2-1-3-7-22/h11H,1-10H2,(H2,16,23)(H2,17,18,19,20). The molecule has 2 fully saturated rings. The van der Waals surface area contributed by atoms with Crippen LogP contribution in [0.3, 0.4) is 0 Å². The van der Waals surface area contributed by atoms with Crippen LogP contribution in [0.5, 0.6) is 0 Å². The fourth-order valence-electron chi connectivity index (χ4n) is 3.31. The zero-order chi connectivity index (χ0) is 16.2. The van der Waals surface area contributed by atoms with Gasteiger partial charge in [-0.25, -0.2) is 0 Å². The van der Waals surface area contributed by atoms with Crippen LogP contribution in [0.2, 0.25) is 0 Å². The molecule has 0 atom stereocenters. The number of hydrogen-bond donors (Lipinski definition) is 2. The van der Waals surface area contributed by atoms with E-state index in [0.717, 1.165) is 39.0 Å². The summed E-state index contributed by atoms with van der Waals surface area (Å²) in [4.78, 5) is 28.8. The van der Waals surface area contributed by atoms with Gasteiger partial charge in [0.1, 0.15) is 5.82 Å². The fourth-order valence-corrected chi connectivity index (χ4v) is 3.31. The van der Waals surface area contributed by atoms with Crippen molar-refractivity contribution in [3.05, 3.63) is 5.82 Å². The van der Waals surface area contributed by atoms with Gasteiger partial charge < -0.3 is 16.4 Å². The van der Waals surface area contributed by atoms with E-state index in [2.05, 4.69) is 24.8 Å². The number of piperidine rings is 2. The number of primary amides is 1. The van der Waals surface area contributed by atoms with E-state index in [1.165, 1.54) is 19.3 Å². The molecule has 3 rings (SSSR count). The molecule has 8 nitrogen and oxygen atoms in total. The number of aromatic nitrogens is 3. The van der Waals surface area contributed by atoms with Gasteiger partial charge in [-0.05, 0) is 45.2 Å². The number of anilines is 2. The predicted molar refractivity (Wildman–Crippen MR) is 87.5 cm³/mol. The normalized spacial score (nSPS) is 20.6. The van der Waals surface area contributed by atoms with Crippen molar-refractivity contribution in [1.29, 1.82) is 0 Å². The van der Waals surface area contributed by atoms with Crippen LogP contribution < -0.4 is 16.4 Å². The van der Waals surface area contributed by atoms with Gasteiger partial charge in [-0.15, -0.1) is 0 Å². The third-order valence-electron chi connectivity index (χ3n) is 4.68. The van der Waals surface area contributed by atoms with Gasteiger partial charge in [-0.1, -0.05) is 0 Å². The number of nitrogens with two attached hydrogens (primary N) is 2. The van der Waals surface area contributed by atoms with E-state index < -0.39 is 0 Å². The summed E-state index contributed by atoms with van der Waals surface area (Å²) in [7, 11) is 0. The lowest BCUT2D eigenvalue weighted by atomic mass is 9.96. The second-order valence-electron chi connectivity index (χ2n) is 6.41. The van der Waals surface area contributed by atoms with Crippen LogP contribution in [-0.4, -0.2) is 51.9 Å². The SMILES string of the molecule is NC(=O)C1CCN(Cc2nc(N)nc(N3CCCCC3)n2)CC1. The highest BCUT2D eigenvalue weighted by molar-refractivity contribution is 5.76. The van der Waals surface area contributed by atoms with Crippen molar-refractivity contribution in [2.45, 2.75) is 38.6 Å². The maximum atomic E-state index is 11.2. The Labute approximate surface area is 136 Å². The molecule has 0 aliphatic carbocycles. The highest BCUT2D eigenvalue weighted by Crippen LogP contribution is 2.20. The largest absolute Gasteiger partial charge is 0.369 e. The van der Waals surface area contributed by atoms with Crippen molar-refractivity contribution in [3.63, 3.8) is 0 Å². The Bertz CT molecular complexity index is 551. The number of rotatable bonds is 4. The summed E-state index contributed by atoms with van der Waals surface area (Å²) in [6.07, 6.45) is 5.20. The van der Waals surface area contributed by atoms with Gasteiger partial charge in [0.15, 0.2) is 0 Å². The first kappa shape index (κ1) is 15.9.